The number of rotatable bonds is 4. The van der Waals surface area contributed by atoms with Crippen LogP contribution in [0.5, 0.6) is 0 Å². The molecule has 1 fully saturated rings. The Kier molecular flexibility index (Phi) is 2.30. The molecule has 1 aliphatic rings. The Bertz CT molecular complexity index is 201. The lowest BCUT2D eigenvalue weighted by Crippen LogP contribution is -2.40. The SMILES string of the molecule is CC(=O)OC(C)C1(NN=O)CC1. The van der Waals surface area contributed by atoms with E-state index >= 15 is 0 Å². The van der Waals surface area contributed by atoms with E-state index in [-0.39, 0.29) is 17.6 Å². The van der Waals surface area contributed by atoms with Crippen LogP contribution in [-0.4, -0.2) is 17.6 Å². The minimum Gasteiger partial charge on any atom is -0.460 e. The Hall–Kier alpha value is -1.13. The Morgan fingerprint density at radius 1 is 1.67 bits per heavy atom. The first-order chi connectivity index (χ1) is 5.60. The van der Waals surface area contributed by atoms with E-state index in [1.807, 2.05) is 0 Å². The Morgan fingerprint density at radius 2 is 2.25 bits per heavy atom. The highest BCUT2D eigenvalue weighted by molar-refractivity contribution is 5.66. The molecular weight excluding hydrogens is 160 g/mol. The molecule has 0 aromatic carbocycles. The van der Waals surface area contributed by atoms with E-state index in [2.05, 4.69) is 10.7 Å². The summed E-state index contributed by atoms with van der Waals surface area (Å²) in [5, 5.41) is 2.61. The zero-order chi connectivity index (χ0) is 9.19. The third-order valence-electron chi connectivity index (χ3n) is 2.18. The molecule has 0 spiro atoms. The minimum atomic E-state index is -0.382. The summed E-state index contributed by atoms with van der Waals surface area (Å²) in [4.78, 5) is 20.5. The first-order valence-electron chi connectivity index (χ1n) is 3.87. The quantitative estimate of drug-likeness (QED) is 0.386. The fourth-order valence-electron chi connectivity index (χ4n) is 1.20. The van der Waals surface area contributed by atoms with E-state index < -0.39 is 0 Å². The fraction of sp³-hybridized carbons (Fsp3) is 0.857. The molecule has 1 aliphatic carbocycles. The summed E-state index contributed by atoms with van der Waals surface area (Å²) in [6.45, 7) is 3.10. The molecule has 0 amide bonds. The molecule has 0 bridgehead atoms. The molecule has 1 N–H and O–H groups in total. The molecular formula is C7H12N2O3. The van der Waals surface area contributed by atoms with E-state index in [1.54, 1.807) is 6.92 Å². The number of carbonyl (C=O) groups is 1. The van der Waals surface area contributed by atoms with Crippen LogP contribution >= 0.6 is 0 Å². The maximum atomic E-state index is 10.6. The number of esters is 1. The van der Waals surface area contributed by atoms with Gasteiger partial charge in [-0.2, -0.15) is 0 Å². The number of hydrogen-bond donors (Lipinski definition) is 1. The van der Waals surface area contributed by atoms with Gasteiger partial charge in [-0.3, -0.25) is 10.2 Å². The van der Waals surface area contributed by atoms with Crippen molar-refractivity contribution in [3.63, 3.8) is 0 Å². The third kappa shape index (κ3) is 1.72. The predicted octanol–water partition coefficient (Wildman–Crippen LogP) is 0.742. The molecule has 0 aliphatic heterocycles. The molecule has 5 heteroatoms. The molecule has 68 valence electrons. The van der Waals surface area contributed by atoms with Crippen molar-refractivity contribution in [2.24, 2.45) is 5.29 Å². The van der Waals surface area contributed by atoms with Crippen molar-refractivity contribution >= 4 is 5.97 Å². The van der Waals surface area contributed by atoms with Gasteiger partial charge in [0.05, 0.1) is 10.8 Å². The Labute approximate surface area is 70.4 Å². The van der Waals surface area contributed by atoms with Crippen LogP contribution in [-0.2, 0) is 9.53 Å². The van der Waals surface area contributed by atoms with Crippen molar-refractivity contribution in [3.8, 4) is 0 Å². The Morgan fingerprint density at radius 3 is 2.58 bits per heavy atom. The maximum Gasteiger partial charge on any atom is 0.302 e. The van der Waals surface area contributed by atoms with Crippen LogP contribution in [0, 0.1) is 4.91 Å². The summed E-state index contributed by atoms with van der Waals surface area (Å²) < 4.78 is 4.93. The van der Waals surface area contributed by atoms with Gasteiger partial charge in [0.1, 0.15) is 6.10 Å². The van der Waals surface area contributed by atoms with Crippen molar-refractivity contribution in [1.29, 1.82) is 0 Å². The van der Waals surface area contributed by atoms with Crippen molar-refractivity contribution in [2.45, 2.75) is 38.3 Å². The van der Waals surface area contributed by atoms with Crippen LogP contribution < -0.4 is 5.43 Å². The number of nitroso groups, excluding NO2 is 1. The zero-order valence-corrected chi connectivity index (χ0v) is 7.16. The van der Waals surface area contributed by atoms with E-state index in [4.69, 9.17) is 4.74 Å². The van der Waals surface area contributed by atoms with Crippen LogP contribution in [0.4, 0.5) is 0 Å². The average molecular weight is 172 g/mol. The second kappa shape index (κ2) is 3.08. The van der Waals surface area contributed by atoms with Gasteiger partial charge in [-0.05, 0) is 19.8 Å². The van der Waals surface area contributed by atoms with E-state index in [1.165, 1.54) is 6.92 Å². The van der Waals surface area contributed by atoms with Crippen LogP contribution in [0.1, 0.15) is 26.7 Å². The highest BCUT2D eigenvalue weighted by Gasteiger charge is 2.50. The van der Waals surface area contributed by atoms with Crippen LogP contribution in [0.15, 0.2) is 5.29 Å². The molecule has 1 atom stereocenters. The van der Waals surface area contributed by atoms with Gasteiger partial charge in [0.15, 0.2) is 0 Å². The summed E-state index contributed by atoms with van der Waals surface area (Å²) in [5.74, 6) is -0.332. The summed E-state index contributed by atoms with van der Waals surface area (Å²) in [6, 6.07) is 0. The first kappa shape index (κ1) is 8.96. The van der Waals surface area contributed by atoms with Gasteiger partial charge in [-0.1, -0.05) is 0 Å². The minimum absolute atomic E-state index is 0.285. The van der Waals surface area contributed by atoms with Gasteiger partial charge < -0.3 is 4.74 Å². The monoisotopic (exact) mass is 172 g/mol. The molecule has 0 heterocycles. The molecule has 1 saturated carbocycles. The summed E-state index contributed by atoms with van der Waals surface area (Å²) in [5.41, 5.74) is 2.05. The second-order valence-electron chi connectivity index (χ2n) is 3.11. The largest absolute Gasteiger partial charge is 0.460 e. The molecule has 5 nitrogen and oxygen atoms in total. The zero-order valence-electron chi connectivity index (χ0n) is 7.16. The smallest absolute Gasteiger partial charge is 0.302 e. The first-order valence-corrected chi connectivity index (χ1v) is 3.87. The van der Waals surface area contributed by atoms with Gasteiger partial charge >= 0.3 is 5.97 Å². The lowest BCUT2D eigenvalue weighted by molar-refractivity contribution is -0.147. The van der Waals surface area contributed by atoms with Gasteiger partial charge in [0.2, 0.25) is 0 Å². The topological polar surface area (TPSA) is 67.8 Å². The molecule has 1 unspecified atom stereocenters. The highest BCUT2D eigenvalue weighted by Crippen LogP contribution is 2.40. The maximum absolute atomic E-state index is 10.6. The molecule has 12 heavy (non-hydrogen) atoms. The standard InChI is InChI=1S/C7H12N2O3/c1-5(12-6(2)10)7(3-4-7)8-9-11/h5H,3-4H2,1-2H3,(H,8,11). The average Bonchev–Trinajstić information content (AvgIpc) is 2.68. The van der Waals surface area contributed by atoms with Gasteiger partial charge in [0, 0.05) is 6.92 Å². The summed E-state index contributed by atoms with van der Waals surface area (Å²) >= 11 is 0. The summed E-state index contributed by atoms with van der Waals surface area (Å²) in [7, 11) is 0. The normalized spacial score (nSPS) is 20.8. The van der Waals surface area contributed by atoms with E-state index in [0.29, 0.717) is 0 Å². The van der Waals surface area contributed by atoms with Crippen molar-refractivity contribution in [3.05, 3.63) is 4.91 Å². The van der Waals surface area contributed by atoms with Gasteiger partial charge in [-0.25, -0.2) is 0 Å². The highest BCUT2D eigenvalue weighted by atomic mass is 16.5. The molecule has 0 saturated heterocycles. The number of hydrogen-bond acceptors (Lipinski definition) is 4. The number of carbonyl (C=O) groups excluding carboxylic acids is 1. The number of nitrogens with zero attached hydrogens (tertiary/aromatic N) is 1. The van der Waals surface area contributed by atoms with Crippen LogP contribution in [0.25, 0.3) is 0 Å². The van der Waals surface area contributed by atoms with E-state index in [0.717, 1.165) is 12.8 Å². The lowest BCUT2D eigenvalue weighted by atomic mass is 10.1. The fourth-order valence-corrected chi connectivity index (χ4v) is 1.20. The number of ether oxygens (including phenoxy) is 1. The van der Waals surface area contributed by atoms with Crippen molar-refractivity contribution in [2.75, 3.05) is 0 Å². The second-order valence-corrected chi connectivity index (χ2v) is 3.11. The lowest BCUT2D eigenvalue weighted by Gasteiger charge is -2.20. The van der Waals surface area contributed by atoms with Crippen molar-refractivity contribution in [1.82, 2.24) is 5.43 Å². The van der Waals surface area contributed by atoms with Gasteiger partial charge in [-0.15, -0.1) is 4.91 Å². The van der Waals surface area contributed by atoms with Gasteiger partial charge in [0.25, 0.3) is 0 Å². The third-order valence-corrected chi connectivity index (χ3v) is 2.18. The Balaban J connectivity index is 2.45. The summed E-state index contributed by atoms with van der Waals surface area (Å²) in [6.07, 6.45) is 1.37. The molecule has 0 aromatic heterocycles. The number of nitrogens with one attached hydrogen (secondary N) is 1. The molecule has 0 aromatic rings. The molecule has 1 rings (SSSR count). The van der Waals surface area contributed by atoms with Crippen molar-refractivity contribution < 1.29 is 9.53 Å². The molecule has 0 radical (unpaired) electrons. The van der Waals surface area contributed by atoms with Crippen LogP contribution in [0.3, 0.4) is 0 Å². The van der Waals surface area contributed by atoms with Crippen LogP contribution in [0.2, 0.25) is 0 Å². The predicted molar refractivity (Wildman–Crippen MR) is 42.1 cm³/mol. The van der Waals surface area contributed by atoms with E-state index in [9.17, 15) is 9.70 Å².